The van der Waals surface area contributed by atoms with E-state index in [9.17, 15) is 4.79 Å². The Labute approximate surface area is 130 Å². The van der Waals surface area contributed by atoms with E-state index in [1.807, 2.05) is 0 Å². The van der Waals surface area contributed by atoms with Crippen molar-refractivity contribution in [2.24, 2.45) is 11.3 Å². The lowest BCUT2D eigenvalue weighted by Gasteiger charge is -2.24. The zero-order valence-corrected chi connectivity index (χ0v) is 13.1. The molecule has 2 atom stereocenters. The average Bonchev–Trinajstić information content (AvgIpc) is 3.04. The second-order valence-corrected chi connectivity index (χ2v) is 6.82. The van der Waals surface area contributed by atoms with Crippen LogP contribution in [0.2, 0.25) is 0 Å². The molecule has 1 aromatic carbocycles. The van der Waals surface area contributed by atoms with Gasteiger partial charge < -0.3 is 14.6 Å². The molecule has 0 aliphatic carbocycles. The zero-order chi connectivity index (χ0) is 15.7. The quantitative estimate of drug-likeness (QED) is 0.903. The van der Waals surface area contributed by atoms with Gasteiger partial charge in [0.2, 0.25) is 0 Å². The van der Waals surface area contributed by atoms with Gasteiger partial charge in [-0.15, -0.1) is 0 Å². The van der Waals surface area contributed by atoms with Gasteiger partial charge in [-0.1, -0.05) is 26.0 Å². The van der Waals surface area contributed by atoms with Crippen LogP contribution in [0.4, 0.5) is 0 Å². The number of aromatic carboxylic acids is 1. The summed E-state index contributed by atoms with van der Waals surface area (Å²) in [7, 11) is 0. The molecule has 1 N–H and O–H groups in total. The van der Waals surface area contributed by atoms with Crippen LogP contribution in [-0.2, 0) is 4.74 Å². The van der Waals surface area contributed by atoms with Crippen molar-refractivity contribution < 1.29 is 19.4 Å². The maximum Gasteiger partial charge on any atom is 0.339 e. The number of hydrogen-bond acceptors (Lipinski definition) is 4. The zero-order valence-electron chi connectivity index (χ0n) is 13.1. The molecule has 2 fully saturated rings. The molecule has 2 aliphatic heterocycles. The van der Waals surface area contributed by atoms with E-state index in [-0.39, 0.29) is 11.0 Å². The number of carboxylic acid groups (broad SMARTS) is 1. The molecular formula is C17H23NO4. The largest absolute Gasteiger partial charge is 0.491 e. The molecule has 0 saturated carbocycles. The maximum absolute atomic E-state index is 11.2. The number of benzene rings is 1. The van der Waals surface area contributed by atoms with Crippen LogP contribution < -0.4 is 4.74 Å². The number of carboxylic acids is 1. The fraction of sp³-hybridized carbons (Fsp3) is 0.588. The number of nitrogens with zero attached hydrogens (tertiary/aromatic N) is 1. The summed E-state index contributed by atoms with van der Waals surface area (Å²) in [5.74, 6) is 0.0636. The molecule has 0 bridgehead atoms. The van der Waals surface area contributed by atoms with Crippen molar-refractivity contribution in [3.63, 3.8) is 0 Å². The van der Waals surface area contributed by atoms with Crippen LogP contribution in [0.25, 0.3) is 0 Å². The average molecular weight is 305 g/mol. The van der Waals surface area contributed by atoms with Gasteiger partial charge in [0.25, 0.3) is 0 Å². The third kappa shape index (κ3) is 2.83. The van der Waals surface area contributed by atoms with Crippen LogP contribution in [0.15, 0.2) is 24.3 Å². The smallest absolute Gasteiger partial charge is 0.339 e. The number of para-hydroxylation sites is 1. The molecule has 3 rings (SSSR count). The molecule has 5 heteroatoms. The number of rotatable bonds is 5. The highest BCUT2D eigenvalue weighted by Gasteiger charge is 2.49. The van der Waals surface area contributed by atoms with Crippen LogP contribution in [0.5, 0.6) is 5.75 Å². The Morgan fingerprint density at radius 1 is 1.41 bits per heavy atom. The number of ether oxygens (including phenoxy) is 2. The fourth-order valence-electron chi connectivity index (χ4n) is 3.69. The monoisotopic (exact) mass is 305 g/mol. The summed E-state index contributed by atoms with van der Waals surface area (Å²) in [6.45, 7) is 8.54. The first kappa shape index (κ1) is 15.3. The van der Waals surface area contributed by atoms with Crippen molar-refractivity contribution in [3.05, 3.63) is 29.8 Å². The van der Waals surface area contributed by atoms with Crippen molar-refractivity contribution >= 4 is 5.97 Å². The van der Waals surface area contributed by atoms with Gasteiger partial charge in [-0.3, -0.25) is 4.90 Å². The van der Waals surface area contributed by atoms with Crippen molar-refractivity contribution in [2.45, 2.75) is 19.9 Å². The van der Waals surface area contributed by atoms with E-state index in [0.29, 0.717) is 24.3 Å². The van der Waals surface area contributed by atoms with Gasteiger partial charge in [0.15, 0.2) is 0 Å². The molecule has 2 heterocycles. The summed E-state index contributed by atoms with van der Waals surface area (Å²) in [5.41, 5.74) is 0.478. The summed E-state index contributed by atoms with van der Waals surface area (Å²) in [6.07, 6.45) is 0. The maximum atomic E-state index is 11.2. The van der Waals surface area contributed by atoms with Gasteiger partial charge in [-0.25, -0.2) is 4.79 Å². The lowest BCUT2D eigenvalue weighted by atomic mass is 9.80. The number of carbonyl (C=O) groups is 1. The Bertz CT molecular complexity index is 557. The Hall–Kier alpha value is -1.59. The minimum atomic E-state index is -0.956. The number of likely N-dealkylation sites (tertiary alicyclic amines) is 1. The predicted octanol–water partition coefficient (Wildman–Crippen LogP) is 2.12. The first-order valence-electron chi connectivity index (χ1n) is 7.76. The van der Waals surface area contributed by atoms with Crippen LogP contribution in [-0.4, -0.2) is 54.9 Å². The molecule has 0 aromatic heterocycles. The van der Waals surface area contributed by atoms with Crippen molar-refractivity contribution in [1.82, 2.24) is 4.90 Å². The lowest BCUT2D eigenvalue weighted by molar-refractivity contribution is 0.0691. The third-order valence-electron chi connectivity index (χ3n) is 4.89. The van der Waals surface area contributed by atoms with Crippen LogP contribution in [0, 0.1) is 11.3 Å². The standard InChI is InChI=1S/C17H23NO4/c1-17(2)11-18(14-10-21-9-13(14)17)7-8-22-15-6-4-3-5-12(15)16(19)20/h3-6,13-14H,7-11H2,1-2H3,(H,19,20)/t13-,14+/m0/s1. The minimum absolute atomic E-state index is 0.214. The van der Waals surface area contributed by atoms with E-state index < -0.39 is 5.97 Å². The highest BCUT2D eigenvalue weighted by molar-refractivity contribution is 5.90. The SMILES string of the molecule is CC1(C)CN(CCOc2ccccc2C(=O)O)[C@@H]2COC[C@@H]21. The lowest BCUT2D eigenvalue weighted by Crippen LogP contribution is -2.36. The van der Waals surface area contributed by atoms with Gasteiger partial charge in [0, 0.05) is 25.0 Å². The Kier molecular flexibility index (Phi) is 4.10. The van der Waals surface area contributed by atoms with E-state index >= 15 is 0 Å². The molecule has 0 amide bonds. The normalized spacial score (nSPS) is 26.8. The molecule has 1 aromatic rings. The van der Waals surface area contributed by atoms with E-state index in [1.165, 1.54) is 0 Å². The van der Waals surface area contributed by atoms with Gasteiger partial charge in [-0.05, 0) is 17.5 Å². The van der Waals surface area contributed by atoms with Crippen molar-refractivity contribution in [2.75, 3.05) is 32.9 Å². The van der Waals surface area contributed by atoms with Gasteiger partial charge in [-0.2, -0.15) is 0 Å². The number of fused-ring (bicyclic) bond motifs is 1. The molecule has 22 heavy (non-hydrogen) atoms. The molecule has 2 aliphatic rings. The summed E-state index contributed by atoms with van der Waals surface area (Å²) in [4.78, 5) is 13.6. The number of hydrogen-bond donors (Lipinski definition) is 1. The molecule has 0 spiro atoms. The second kappa shape index (κ2) is 5.89. The summed E-state index contributed by atoms with van der Waals surface area (Å²) < 4.78 is 11.3. The van der Waals surface area contributed by atoms with Gasteiger partial charge in [0.05, 0.1) is 13.2 Å². The van der Waals surface area contributed by atoms with E-state index in [2.05, 4.69) is 18.7 Å². The first-order chi connectivity index (χ1) is 10.5. The van der Waals surface area contributed by atoms with E-state index in [4.69, 9.17) is 14.6 Å². The van der Waals surface area contributed by atoms with Gasteiger partial charge >= 0.3 is 5.97 Å². The summed E-state index contributed by atoms with van der Waals surface area (Å²) >= 11 is 0. The van der Waals surface area contributed by atoms with Gasteiger partial charge in [0.1, 0.15) is 17.9 Å². The first-order valence-corrected chi connectivity index (χ1v) is 7.76. The molecule has 120 valence electrons. The van der Waals surface area contributed by atoms with E-state index in [1.54, 1.807) is 24.3 Å². The van der Waals surface area contributed by atoms with Crippen LogP contribution >= 0.6 is 0 Å². The highest BCUT2D eigenvalue weighted by atomic mass is 16.5. The fourth-order valence-corrected chi connectivity index (χ4v) is 3.69. The highest BCUT2D eigenvalue weighted by Crippen LogP contribution is 2.42. The topological polar surface area (TPSA) is 59.0 Å². The van der Waals surface area contributed by atoms with Crippen LogP contribution in [0.1, 0.15) is 24.2 Å². The Balaban J connectivity index is 1.59. The Morgan fingerprint density at radius 3 is 2.95 bits per heavy atom. The van der Waals surface area contributed by atoms with E-state index in [0.717, 1.165) is 26.3 Å². The summed E-state index contributed by atoms with van der Waals surface area (Å²) in [6, 6.07) is 7.24. The molecular weight excluding hydrogens is 282 g/mol. The Morgan fingerprint density at radius 2 is 2.18 bits per heavy atom. The molecule has 0 radical (unpaired) electrons. The van der Waals surface area contributed by atoms with Crippen LogP contribution in [0.3, 0.4) is 0 Å². The molecule has 5 nitrogen and oxygen atoms in total. The van der Waals surface area contributed by atoms with Crippen molar-refractivity contribution in [3.8, 4) is 5.75 Å². The third-order valence-corrected chi connectivity index (χ3v) is 4.89. The molecule has 0 unspecified atom stereocenters. The van der Waals surface area contributed by atoms with Crippen molar-refractivity contribution in [1.29, 1.82) is 0 Å². The summed E-state index contributed by atoms with van der Waals surface area (Å²) in [5, 5.41) is 9.16. The second-order valence-electron chi connectivity index (χ2n) is 6.82. The predicted molar refractivity (Wildman–Crippen MR) is 82.3 cm³/mol. The molecule has 2 saturated heterocycles. The minimum Gasteiger partial charge on any atom is -0.491 e.